The van der Waals surface area contributed by atoms with E-state index in [2.05, 4.69) is 5.32 Å². The molecular formula is C17H15ClFNO2. The largest absolute Gasteiger partial charge is 0.387 e. The first-order valence-electron chi connectivity index (χ1n) is 7.00. The van der Waals surface area contributed by atoms with E-state index in [0.717, 1.165) is 11.1 Å². The molecule has 0 heterocycles. The fourth-order valence-corrected chi connectivity index (χ4v) is 3.10. The van der Waals surface area contributed by atoms with Gasteiger partial charge in [-0.15, -0.1) is 0 Å². The van der Waals surface area contributed by atoms with Gasteiger partial charge in [-0.1, -0.05) is 41.9 Å². The predicted octanol–water partition coefficient (Wildman–Crippen LogP) is 2.74. The second-order valence-electron chi connectivity index (χ2n) is 5.63. The summed E-state index contributed by atoms with van der Waals surface area (Å²) in [4.78, 5) is 12.1. The van der Waals surface area contributed by atoms with Gasteiger partial charge in [0.05, 0.1) is 16.2 Å². The molecular weight excluding hydrogens is 305 g/mol. The lowest BCUT2D eigenvalue weighted by molar-refractivity contribution is 0.0479. The van der Waals surface area contributed by atoms with Gasteiger partial charge in [-0.2, -0.15) is 0 Å². The van der Waals surface area contributed by atoms with Crippen molar-refractivity contribution in [3.63, 3.8) is 0 Å². The van der Waals surface area contributed by atoms with E-state index in [0.29, 0.717) is 12.8 Å². The Morgan fingerprint density at radius 2 is 1.82 bits per heavy atom. The molecule has 0 unspecified atom stereocenters. The number of halogens is 2. The van der Waals surface area contributed by atoms with Gasteiger partial charge in [-0.25, -0.2) is 4.39 Å². The highest BCUT2D eigenvalue weighted by atomic mass is 35.5. The molecule has 3 rings (SSSR count). The Morgan fingerprint density at radius 3 is 2.41 bits per heavy atom. The van der Waals surface area contributed by atoms with Crippen molar-refractivity contribution in [3.8, 4) is 0 Å². The first-order valence-corrected chi connectivity index (χ1v) is 7.38. The Balaban J connectivity index is 1.70. The second kappa shape index (κ2) is 5.71. The highest BCUT2D eigenvalue weighted by Crippen LogP contribution is 2.29. The number of aliphatic hydroxyl groups is 1. The van der Waals surface area contributed by atoms with Gasteiger partial charge in [0.2, 0.25) is 0 Å². The zero-order chi connectivity index (χ0) is 15.7. The van der Waals surface area contributed by atoms with Gasteiger partial charge in [0.1, 0.15) is 5.82 Å². The molecule has 0 bridgehead atoms. The van der Waals surface area contributed by atoms with Crippen LogP contribution in [0, 0.1) is 5.82 Å². The third kappa shape index (κ3) is 2.85. The van der Waals surface area contributed by atoms with Crippen LogP contribution in [0.1, 0.15) is 21.5 Å². The Morgan fingerprint density at radius 1 is 1.18 bits per heavy atom. The van der Waals surface area contributed by atoms with Gasteiger partial charge in [0.25, 0.3) is 5.91 Å². The van der Waals surface area contributed by atoms with E-state index in [1.54, 1.807) is 0 Å². The fourth-order valence-electron chi connectivity index (χ4n) is 2.85. The van der Waals surface area contributed by atoms with Crippen LogP contribution in [0.25, 0.3) is 0 Å². The summed E-state index contributed by atoms with van der Waals surface area (Å²) >= 11 is 5.86. The van der Waals surface area contributed by atoms with E-state index >= 15 is 0 Å². The van der Waals surface area contributed by atoms with E-state index in [1.165, 1.54) is 18.2 Å². The van der Waals surface area contributed by atoms with Gasteiger partial charge in [-0.3, -0.25) is 4.79 Å². The summed E-state index contributed by atoms with van der Waals surface area (Å²) in [5.74, 6) is -1.29. The summed E-state index contributed by atoms with van der Waals surface area (Å²) in [6.07, 6.45) is 0.933. The quantitative estimate of drug-likeness (QED) is 0.914. The summed E-state index contributed by atoms with van der Waals surface area (Å²) in [6.45, 7) is 0.0468. The molecule has 0 fully saturated rings. The molecule has 2 N–H and O–H groups in total. The van der Waals surface area contributed by atoms with Crippen molar-refractivity contribution in [3.05, 3.63) is 70.0 Å². The molecule has 0 aromatic heterocycles. The van der Waals surface area contributed by atoms with Crippen LogP contribution in [0.4, 0.5) is 4.39 Å². The van der Waals surface area contributed by atoms with Crippen molar-refractivity contribution in [2.24, 2.45) is 0 Å². The maximum atomic E-state index is 13.7. The molecule has 2 aromatic carbocycles. The molecule has 0 aliphatic heterocycles. The predicted molar refractivity (Wildman–Crippen MR) is 82.5 cm³/mol. The van der Waals surface area contributed by atoms with Crippen molar-refractivity contribution in [2.75, 3.05) is 6.54 Å². The van der Waals surface area contributed by atoms with Crippen LogP contribution in [-0.2, 0) is 12.8 Å². The SMILES string of the molecule is O=C(NCC1(O)Cc2ccccc2C1)c1c(F)cccc1Cl. The van der Waals surface area contributed by atoms with Gasteiger partial charge in [0, 0.05) is 19.4 Å². The van der Waals surface area contributed by atoms with Crippen LogP contribution in [0.5, 0.6) is 0 Å². The number of rotatable bonds is 3. The maximum absolute atomic E-state index is 13.7. The van der Waals surface area contributed by atoms with E-state index in [1.807, 2.05) is 24.3 Å². The highest BCUT2D eigenvalue weighted by molar-refractivity contribution is 6.33. The number of nitrogens with one attached hydrogen (secondary N) is 1. The van der Waals surface area contributed by atoms with Crippen molar-refractivity contribution >= 4 is 17.5 Å². The molecule has 0 atom stereocenters. The van der Waals surface area contributed by atoms with Crippen LogP contribution < -0.4 is 5.32 Å². The molecule has 0 radical (unpaired) electrons. The first-order chi connectivity index (χ1) is 10.5. The summed E-state index contributed by atoms with van der Waals surface area (Å²) in [5, 5.41) is 13.2. The van der Waals surface area contributed by atoms with E-state index in [9.17, 15) is 14.3 Å². The fraction of sp³-hybridized carbons (Fsp3) is 0.235. The lowest BCUT2D eigenvalue weighted by Gasteiger charge is -2.22. The lowest BCUT2D eigenvalue weighted by atomic mass is 10.0. The van der Waals surface area contributed by atoms with Crippen molar-refractivity contribution in [1.82, 2.24) is 5.32 Å². The topological polar surface area (TPSA) is 49.3 Å². The first kappa shape index (κ1) is 15.0. The Kier molecular flexibility index (Phi) is 3.89. The van der Waals surface area contributed by atoms with Crippen molar-refractivity contribution in [1.29, 1.82) is 0 Å². The van der Waals surface area contributed by atoms with E-state index in [4.69, 9.17) is 11.6 Å². The van der Waals surface area contributed by atoms with Gasteiger partial charge >= 0.3 is 0 Å². The van der Waals surface area contributed by atoms with Gasteiger partial charge in [-0.05, 0) is 23.3 Å². The molecule has 22 heavy (non-hydrogen) atoms. The van der Waals surface area contributed by atoms with Crippen LogP contribution >= 0.6 is 11.6 Å². The highest BCUT2D eigenvalue weighted by Gasteiger charge is 2.35. The molecule has 0 saturated carbocycles. The summed E-state index contributed by atoms with van der Waals surface area (Å²) in [6, 6.07) is 11.8. The minimum absolute atomic E-state index is 0.0468. The minimum atomic E-state index is -1.04. The van der Waals surface area contributed by atoms with Crippen LogP contribution in [0.15, 0.2) is 42.5 Å². The lowest BCUT2D eigenvalue weighted by Crippen LogP contribution is -2.43. The van der Waals surface area contributed by atoms with Gasteiger partial charge in [0.15, 0.2) is 0 Å². The smallest absolute Gasteiger partial charge is 0.255 e. The molecule has 1 aliphatic rings. The Hall–Kier alpha value is -1.91. The molecule has 114 valence electrons. The maximum Gasteiger partial charge on any atom is 0.255 e. The molecule has 1 amide bonds. The number of amides is 1. The number of hydrogen-bond donors (Lipinski definition) is 2. The Labute approximate surface area is 132 Å². The Bertz CT molecular complexity index is 687. The standard InChI is InChI=1S/C17H15ClFNO2/c18-13-6-3-7-14(19)15(13)16(21)20-10-17(22)8-11-4-1-2-5-12(11)9-17/h1-7,22H,8-10H2,(H,20,21). The molecule has 1 aliphatic carbocycles. The number of carbonyl (C=O) groups is 1. The molecule has 5 heteroatoms. The molecule has 0 spiro atoms. The normalized spacial score (nSPS) is 15.4. The number of benzene rings is 2. The zero-order valence-electron chi connectivity index (χ0n) is 11.8. The summed E-state index contributed by atoms with van der Waals surface area (Å²) in [5.41, 5.74) is 0.909. The summed E-state index contributed by atoms with van der Waals surface area (Å²) in [7, 11) is 0. The zero-order valence-corrected chi connectivity index (χ0v) is 12.5. The van der Waals surface area contributed by atoms with Crippen LogP contribution in [0.3, 0.4) is 0 Å². The molecule has 2 aromatic rings. The van der Waals surface area contributed by atoms with E-state index in [-0.39, 0.29) is 17.1 Å². The van der Waals surface area contributed by atoms with Gasteiger partial charge < -0.3 is 10.4 Å². The van der Waals surface area contributed by atoms with Crippen molar-refractivity contribution in [2.45, 2.75) is 18.4 Å². The number of carbonyl (C=O) groups excluding carboxylic acids is 1. The second-order valence-corrected chi connectivity index (χ2v) is 6.03. The average Bonchev–Trinajstić information content (AvgIpc) is 2.81. The average molecular weight is 320 g/mol. The minimum Gasteiger partial charge on any atom is -0.387 e. The third-order valence-electron chi connectivity index (χ3n) is 3.93. The molecule has 3 nitrogen and oxygen atoms in total. The van der Waals surface area contributed by atoms with E-state index < -0.39 is 17.3 Å². The van der Waals surface area contributed by atoms with Crippen molar-refractivity contribution < 1.29 is 14.3 Å². The summed E-state index contributed by atoms with van der Waals surface area (Å²) < 4.78 is 13.7. The number of fused-ring (bicyclic) bond motifs is 1. The van der Waals surface area contributed by atoms with Crippen LogP contribution in [-0.4, -0.2) is 23.2 Å². The number of hydrogen-bond acceptors (Lipinski definition) is 2. The van der Waals surface area contributed by atoms with Crippen LogP contribution in [0.2, 0.25) is 5.02 Å². The monoisotopic (exact) mass is 319 g/mol. The molecule has 0 saturated heterocycles. The third-order valence-corrected chi connectivity index (χ3v) is 4.24.